The summed E-state index contributed by atoms with van der Waals surface area (Å²) in [6.45, 7) is 7.33. The molecular weight excluding hydrogens is 408 g/mol. The number of fused-ring (bicyclic) bond motifs is 1. The quantitative estimate of drug-likeness (QED) is 0.590. The first-order chi connectivity index (χ1) is 15.3. The molecule has 8 nitrogen and oxygen atoms in total. The van der Waals surface area contributed by atoms with Crippen LogP contribution in [0.2, 0.25) is 0 Å². The van der Waals surface area contributed by atoms with E-state index >= 15 is 0 Å². The maximum atomic E-state index is 12.8. The number of urea groups is 1. The Bertz CT molecular complexity index is 1080. The lowest BCUT2D eigenvalue weighted by atomic mass is 10.0. The van der Waals surface area contributed by atoms with Gasteiger partial charge in [0.15, 0.2) is 11.6 Å². The van der Waals surface area contributed by atoms with E-state index in [0.717, 1.165) is 16.7 Å². The number of nitrogens with one attached hydrogen (secondary N) is 2. The maximum absolute atomic E-state index is 12.8. The van der Waals surface area contributed by atoms with Crippen LogP contribution in [-0.4, -0.2) is 39.4 Å². The van der Waals surface area contributed by atoms with E-state index in [1.807, 2.05) is 19.1 Å². The van der Waals surface area contributed by atoms with Crippen LogP contribution in [0.1, 0.15) is 46.8 Å². The summed E-state index contributed by atoms with van der Waals surface area (Å²) in [5.41, 5.74) is 3.13. The van der Waals surface area contributed by atoms with E-state index in [0.29, 0.717) is 11.4 Å². The third kappa shape index (κ3) is 5.46. The zero-order valence-electron chi connectivity index (χ0n) is 18.2. The van der Waals surface area contributed by atoms with Gasteiger partial charge in [0, 0.05) is 31.3 Å². The van der Waals surface area contributed by atoms with Gasteiger partial charge in [-0.05, 0) is 61.2 Å². The third-order valence-electron chi connectivity index (χ3n) is 5.35. The van der Waals surface area contributed by atoms with Crippen LogP contribution in [0.15, 0.2) is 49.2 Å². The van der Waals surface area contributed by atoms with Crippen molar-refractivity contribution in [1.82, 2.24) is 15.2 Å². The number of anilines is 1. The monoisotopic (exact) mass is 434 g/mol. The summed E-state index contributed by atoms with van der Waals surface area (Å²) in [4.78, 5) is 54.3. The molecule has 1 atom stereocenters. The molecule has 0 aliphatic carbocycles. The fraction of sp³-hybridized carbons (Fsp3) is 0.292. The number of carbonyl (C=O) groups excluding carboxylic acids is 4. The second kappa shape index (κ2) is 10.00. The number of Topliss-reactive ketones (excluding diaryl/α,β-unsaturated/α-hetero) is 1. The molecule has 1 aromatic heterocycles. The third-order valence-corrected chi connectivity index (χ3v) is 5.35. The molecule has 2 N–H and O–H groups in total. The minimum atomic E-state index is -0.659. The number of nitrogens with zero attached hydrogens (tertiary/aromatic N) is 2. The lowest BCUT2D eigenvalue weighted by Crippen LogP contribution is -2.40. The zero-order valence-corrected chi connectivity index (χ0v) is 18.2. The van der Waals surface area contributed by atoms with Crippen LogP contribution in [0.5, 0.6) is 0 Å². The Morgan fingerprint density at radius 3 is 2.72 bits per heavy atom. The highest BCUT2D eigenvalue weighted by Gasteiger charge is 2.34. The van der Waals surface area contributed by atoms with Crippen LogP contribution in [0, 0.1) is 6.92 Å². The molecule has 0 bridgehead atoms. The Morgan fingerprint density at radius 1 is 1.25 bits per heavy atom. The van der Waals surface area contributed by atoms with Crippen molar-refractivity contribution in [3.63, 3.8) is 0 Å². The average molecular weight is 434 g/mol. The highest BCUT2D eigenvalue weighted by atomic mass is 16.2. The van der Waals surface area contributed by atoms with Gasteiger partial charge in [-0.1, -0.05) is 18.7 Å². The predicted molar refractivity (Wildman–Crippen MR) is 120 cm³/mol. The molecule has 166 valence electrons. The molecule has 0 saturated heterocycles. The van der Waals surface area contributed by atoms with Crippen LogP contribution >= 0.6 is 0 Å². The average Bonchev–Trinajstić information content (AvgIpc) is 3.07. The van der Waals surface area contributed by atoms with Crippen molar-refractivity contribution in [3.05, 3.63) is 71.4 Å². The first-order valence-electron chi connectivity index (χ1n) is 10.3. The minimum absolute atomic E-state index is 0.159. The predicted octanol–water partition coefficient (Wildman–Crippen LogP) is 3.16. The molecule has 1 aliphatic rings. The number of aromatic nitrogens is 1. The number of allylic oxidation sites excluding steroid dienone is 1. The number of rotatable bonds is 9. The smallest absolute Gasteiger partial charge is 0.320 e. The largest absolute Gasteiger partial charge is 0.334 e. The van der Waals surface area contributed by atoms with Crippen molar-refractivity contribution in [2.45, 2.75) is 45.8 Å². The normalized spacial score (nSPS) is 13.3. The Balaban J connectivity index is 1.63. The summed E-state index contributed by atoms with van der Waals surface area (Å²) in [6, 6.07) is 7.90. The Morgan fingerprint density at radius 2 is 2.03 bits per heavy atom. The minimum Gasteiger partial charge on any atom is -0.334 e. The lowest BCUT2D eigenvalue weighted by molar-refractivity contribution is -0.122. The van der Waals surface area contributed by atoms with E-state index in [1.54, 1.807) is 24.4 Å². The molecule has 8 heteroatoms. The summed E-state index contributed by atoms with van der Waals surface area (Å²) in [5.74, 6) is -0.0869. The number of pyridine rings is 1. The van der Waals surface area contributed by atoms with Crippen molar-refractivity contribution in [2.75, 3.05) is 5.32 Å². The summed E-state index contributed by atoms with van der Waals surface area (Å²) >= 11 is 0. The molecule has 3 amide bonds. The molecule has 1 aliphatic heterocycles. The summed E-state index contributed by atoms with van der Waals surface area (Å²) in [7, 11) is 0. The molecule has 0 radical (unpaired) electrons. The van der Waals surface area contributed by atoms with Crippen molar-refractivity contribution in [2.24, 2.45) is 0 Å². The van der Waals surface area contributed by atoms with Gasteiger partial charge < -0.3 is 10.2 Å². The van der Waals surface area contributed by atoms with Gasteiger partial charge in [0.1, 0.15) is 5.82 Å². The van der Waals surface area contributed by atoms with Crippen molar-refractivity contribution >= 4 is 29.3 Å². The standard InChI is InChI=1S/C24H26N4O4/c1-4-19(30)6-8-21(16(3)29)28-14-18-12-17(5-7-20(18)23(28)31)13-26-24(32)27-22-11-15(2)9-10-25-22/h4-5,7,9-12,21H,1,6,8,13-14H2,2-3H3,(H2,25,26,27,32). The number of hydrogen-bond acceptors (Lipinski definition) is 5. The topological polar surface area (TPSA) is 108 Å². The summed E-state index contributed by atoms with van der Waals surface area (Å²) in [6.07, 6.45) is 3.27. The van der Waals surface area contributed by atoms with E-state index < -0.39 is 6.04 Å². The van der Waals surface area contributed by atoms with E-state index in [-0.39, 0.29) is 49.4 Å². The van der Waals surface area contributed by atoms with Crippen molar-refractivity contribution < 1.29 is 19.2 Å². The fourth-order valence-electron chi connectivity index (χ4n) is 3.67. The number of amides is 3. The molecule has 2 heterocycles. The highest BCUT2D eigenvalue weighted by molar-refractivity contribution is 6.01. The first kappa shape index (κ1) is 22.9. The van der Waals surface area contributed by atoms with E-state index in [2.05, 4.69) is 22.2 Å². The molecule has 1 unspecified atom stereocenters. The van der Waals surface area contributed by atoms with Gasteiger partial charge >= 0.3 is 6.03 Å². The van der Waals surface area contributed by atoms with Crippen LogP contribution in [0.3, 0.4) is 0 Å². The number of ketones is 2. The van der Waals surface area contributed by atoms with Gasteiger partial charge in [-0.15, -0.1) is 0 Å². The maximum Gasteiger partial charge on any atom is 0.320 e. The van der Waals surface area contributed by atoms with E-state index in [9.17, 15) is 19.2 Å². The van der Waals surface area contributed by atoms with Crippen molar-refractivity contribution in [3.8, 4) is 0 Å². The molecule has 0 saturated carbocycles. The van der Waals surface area contributed by atoms with Crippen LogP contribution in [0.25, 0.3) is 0 Å². The lowest BCUT2D eigenvalue weighted by Gasteiger charge is -2.25. The second-order valence-corrected chi connectivity index (χ2v) is 7.79. The Labute approximate surface area is 186 Å². The van der Waals surface area contributed by atoms with Crippen molar-refractivity contribution in [1.29, 1.82) is 0 Å². The van der Waals surface area contributed by atoms with E-state index in [4.69, 9.17) is 0 Å². The number of carbonyl (C=O) groups is 4. The van der Waals surface area contributed by atoms with Crippen LogP contribution < -0.4 is 10.6 Å². The highest BCUT2D eigenvalue weighted by Crippen LogP contribution is 2.27. The molecule has 0 fully saturated rings. The number of hydrogen-bond donors (Lipinski definition) is 2. The SMILES string of the molecule is C=CC(=O)CCC(C(C)=O)N1Cc2cc(CNC(=O)Nc3cc(C)ccn3)ccc2C1=O. The van der Waals surface area contributed by atoms with Gasteiger partial charge in [0.25, 0.3) is 5.91 Å². The molecular formula is C24H26N4O4. The molecule has 0 spiro atoms. The molecule has 3 rings (SSSR count). The molecule has 2 aromatic rings. The van der Waals surface area contributed by atoms with Gasteiger partial charge in [-0.2, -0.15) is 0 Å². The van der Waals surface area contributed by atoms with E-state index in [1.165, 1.54) is 17.9 Å². The molecule has 1 aromatic carbocycles. The zero-order chi connectivity index (χ0) is 23.3. The number of benzene rings is 1. The van der Waals surface area contributed by atoms with Crippen LogP contribution in [-0.2, 0) is 22.7 Å². The number of aryl methyl sites for hydroxylation is 1. The fourth-order valence-corrected chi connectivity index (χ4v) is 3.67. The van der Waals surface area contributed by atoms with Gasteiger partial charge in [-0.3, -0.25) is 19.7 Å². The van der Waals surface area contributed by atoms with Crippen LogP contribution in [0.4, 0.5) is 10.6 Å². The molecule has 32 heavy (non-hydrogen) atoms. The Hall–Kier alpha value is -3.81. The van der Waals surface area contributed by atoms with Gasteiger partial charge in [0.2, 0.25) is 0 Å². The van der Waals surface area contributed by atoms with Gasteiger partial charge in [-0.25, -0.2) is 9.78 Å². The Kier molecular flexibility index (Phi) is 7.14. The first-order valence-corrected chi connectivity index (χ1v) is 10.3. The summed E-state index contributed by atoms with van der Waals surface area (Å²) in [5, 5.41) is 5.45. The second-order valence-electron chi connectivity index (χ2n) is 7.79. The summed E-state index contributed by atoms with van der Waals surface area (Å²) < 4.78 is 0. The van der Waals surface area contributed by atoms with Gasteiger partial charge in [0.05, 0.1) is 6.04 Å².